The van der Waals surface area contributed by atoms with Gasteiger partial charge in [-0.15, -0.1) is 0 Å². The lowest BCUT2D eigenvalue weighted by Gasteiger charge is -2.50. The van der Waals surface area contributed by atoms with Crippen molar-refractivity contribution in [2.75, 3.05) is 13.7 Å². The number of rotatable bonds is 2. The SMILES string of the molecule is COC[C@]1(C)C(C)OC(C)[C@@H](C)C1C. The van der Waals surface area contributed by atoms with Gasteiger partial charge in [-0.1, -0.05) is 20.8 Å². The predicted molar refractivity (Wildman–Crippen MR) is 58.3 cm³/mol. The van der Waals surface area contributed by atoms with Crippen LogP contribution in [0.1, 0.15) is 34.6 Å². The molecule has 0 aromatic heterocycles. The highest BCUT2D eigenvalue weighted by Gasteiger charge is 2.46. The van der Waals surface area contributed by atoms with Crippen LogP contribution in [0.2, 0.25) is 0 Å². The third-order valence-corrected chi connectivity index (χ3v) is 4.37. The summed E-state index contributed by atoms with van der Waals surface area (Å²) in [5.41, 5.74) is 0.153. The van der Waals surface area contributed by atoms with Gasteiger partial charge in [-0.25, -0.2) is 0 Å². The van der Waals surface area contributed by atoms with Crippen LogP contribution in [-0.2, 0) is 9.47 Å². The lowest BCUT2D eigenvalue weighted by Crippen LogP contribution is -2.52. The summed E-state index contributed by atoms with van der Waals surface area (Å²) < 4.78 is 11.3. The Morgan fingerprint density at radius 3 is 2.29 bits per heavy atom. The summed E-state index contributed by atoms with van der Waals surface area (Å²) >= 11 is 0. The zero-order chi connectivity index (χ0) is 10.9. The molecule has 5 atom stereocenters. The number of ether oxygens (including phenoxy) is 2. The molecule has 0 N–H and O–H groups in total. The minimum Gasteiger partial charge on any atom is -0.384 e. The van der Waals surface area contributed by atoms with Gasteiger partial charge in [0, 0.05) is 12.5 Å². The maximum absolute atomic E-state index is 5.96. The van der Waals surface area contributed by atoms with Crippen LogP contribution >= 0.6 is 0 Å². The van der Waals surface area contributed by atoms with Crippen molar-refractivity contribution in [3.63, 3.8) is 0 Å². The van der Waals surface area contributed by atoms with E-state index in [4.69, 9.17) is 9.47 Å². The van der Waals surface area contributed by atoms with Gasteiger partial charge in [0.05, 0.1) is 18.8 Å². The van der Waals surface area contributed by atoms with Gasteiger partial charge in [0.2, 0.25) is 0 Å². The van der Waals surface area contributed by atoms with Crippen molar-refractivity contribution in [1.29, 1.82) is 0 Å². The van der Waals surface area contributed by atoms with Gasteiger partial charge < -0.3 is 9.47 Å². The Morgan fingerprint density at radius 1 is 1.21 bits per heavy atom. The highest BCUT2D eigenvalue weighted by atomic mass is 16.5. The summed E-state index contributed by atoms with van der Waals surface area (Å²) in [5, 5.41) is 0. The molecule has 0 spiro atoms. The van der Waals surface area contributed by atoms with Crippen molar-refractivity contribution in [1.82, 2.24) is 0 Å². The first-order valence-electron chi connectivity index (χ1n) is 5.58. The summed E-state index contributed by atoms with van der Waals surface area (Å²) in [7, 11) is 1.77. The third-order valence-electron chi connectivity index (χ3n) is 4.37. The van der Waals surface area contributed by atoms with Crippen LogP contribution in [0, 0.1) is 17.3 Å². The Kier molecular flexibility index (Phi) is 3.59. The van der Waals surface area contributed by atoms with Crippen LogP contribution in [0.5, 0.6) is 0 Å². The highest BCUT2D eigenvalue weighted by Crippen LogP contribution is 2.44. The molecule has 1 fully saturated rings. The molecule has 3 unspecified atom stereocenters. The van der Waals surface area contributed by atoms with Crippen molar-refractivity contribution in [2.45, 2.75) is 46.8 Å². The minimum absolute atomic E-state index is 0.153. The molecule has 0 aliphatic carbocycles. The van der Waals surface area contributed by atoms with Crippen LogP contribution in [-0.4, -0.2) is 25.9 Å². The highest BCUT2D eigenvalue weighted by molar-refractivity contribution is 4.93. The van der Waals surface area contributed by atoms with E-state index in [1.807, 2.05) is 0 Å². The van der Waals surface area contributed by atoms with Crippen LogP contribution in [0.15, 0.2) is 0 Å². The number of hydrogen-bond acceptors (Lipinski definition) is 2. The van der Waals surface area contributed by atoms with E-state index in [1.54, 1.807) is 7.11 Å². The molecule has 1 saturated heterocycles. The molecule has 2 heteroatoms. The van der Waals surface area contributed by atoms with Crippen LogP contribution in [0.25, 0.3) is 0 Å². The molecule has 0 amide bonds. The summed E-state index contributed by atoms with van der Waals surface area (Å²) in [5.74, 6) is 1.24. The van der Waals surface area contributed by atoms with Gasteiger partial charge in [-0.3, -0.25) is 0 Å². The summed E-state index contributed by atoms with van der Waals surface area (Å²) in [6, 6.07) is 0. The molecular weight excluding hydrogens is 176 g/mol. The molecule has 84 valence electrons. The molecule has 0 saturated carbocycles. The standard InChI is InChI=1S/C12H24O2/c1-8-9(2)12(5,7-13-6)11(4)14-10(8)3/h8-11H,7H2,1-6H3/t8-,9?,10?,11?,12-/m0/s1. The average Bonchev–Trinajstić information content (AvgIpc) is 2.13. The molecule has 0 aromatic carbocycles. The lowest BCUT2D eigenvalue weighted by atomic mass is 9.66. The molecule has 1 rings (SSSR count). The lowest BCUT2D eigenvalue weighted by molar-refractivity contribution is -0.182. The van der Waals surface area contributed by atoms with Gasteiger partial charge in [0.1, 0.15) is 0 Å². The maximum atomic E-state index is 5.96. The first-order chi connectivity index (χ1) is 6.43. The summed E-state index contributed by atoms with van der Waals surface area (Å²) in [4.78, 5) is 0. The Labute approximate surface area is 88.0 Å². The maximum Gasteiger partial charge on any atom is 0.0629 e. The Bertz CT molecular complexity index is 193. The largest absolute Gasteiger partial charge is 0.384 e. The van der Waals surface area contributed by atoms with E-state index in [1.165, 1.54) is 0 Å². The van der Waals surface area contributed by atoms with Crippen LogP contribution < -0.4 is 0 Å². The second-order valence-electron chi connectivity index (χ2n) is 5.07. The molecule has 14 heavy (non-hydrogen) atoms. The van der Waals surface area contributed by atoms with E-state index in [2.05, 4.69) is 34.6 Å². The van der Waals surface area contributed by atoms with E-state index in [-0.39, 0.29) is 11.5 Å². The molecular formula is C12H24O2. The quantitative estimate of drug-likeness (QED) is 0.682. The number of methoxy groups -OCH3 is 1. The molecule has 2 nitrogen and oxygen atoms in total. The second-order valence-corrected chi connectivity index (χ2v) is 5.07. The van der Waals surface area contributed by atoms with Crippen LogP contribution in [0.4, 0.5) is 0 Å². The van der Waals surface area contributed by atoms with Gasteiger partial charge in [-0.05, 0) is 25.7 Å². The smallest absolute Gasteiger partial charge is 0.0629 e. The fraction of sp³-hybridized carbons (Fsp3) is 1.00. The monoisotopic (exact) mass is 200 g/mol. The Hall–Kier alpha value is -0.0800. The van der Waals surface area contributed by atoms with Gasteiger partial charge in [0.15, 0.2) is 0 Å². The van der Waals surface area contributed by atoms with Crippen molar-refractivity contribution >= 4 is 0 Å². The van der Waals surface area contributed by atoms with Gasteiger partial charge in [0.25, 0.3) is 0 Å². The predicted octanol–water partition coefficient (Wildman–Crippen LogP) is 2.72. The van der Waals surface area contributed by atoms with Crippen LogP contribution in [0.3, 0.4) is 0 Å². The molecule has 1 aliphatic rings. The zero-order valence-corrected chi connectivity index (χ0v) is 10.3. The fourth-order valence-corrected chi connectivity index (χ4v) is 2.54. The molecule has 0 aromatic rings. The van der Waals surface area contributed by atoms with E-state index in [0.29, 0.717) is 17.9 Å². The summed E-state index contributed by atoms with van der Waals surface area (Å²) in [6.45, 7) is 12.0. The first-order valence-corrected chi connectivity index (χ1v) is 5.58. The molecule has 0 radical (unpaired) electrons. The third kappa shape index (κ3) is 1.82. The van der Waals surface area contributed by atoms with Gasteiger partial charge >= 0.3 is 0 Å². The second kappa shape index (κ2) is 4.19. The van der Waals surface area contributed by atoms with Crippen molar-refractivity contribution in [3.8, 4) is 0 Å². The minimum atomic E-state index is 0.153. The molecule has 0 bridgehead atoms. The van der Waals surface area contributed by atoms with Crippen molar-refractivity contribution < 1.29 is 9.47 Å². The van der Waals surface area contributed by atoms with Gasteiger partial charge in [-0.2, -0.15) is 0 Å². The summed E-state index contributed by atoms with van der Waals surface area (Å²) in [6.07, 6.45) is 0.647. The van der Waals surface area contributed by atoms with E-state index >= 15 is 0 Å². The Morgan fingerprint density at radius 2 is 1.79 bits per heavy atom. The molecule has 1 aliphatic heterocycles. The molecule has 1 heterocycles. The van der Waals surface area contributed by atoms with Crippen molar-refractivity contribution in [3.05, 3.63) is 0 Å². The van der Waals surface area contributed by atoms with E-state index in [0.717, 1.165) is 6.61 Å². The Balaban J connectivity index is 2.82. The van der Waals surface area contributed by atoms with E-state index < -0.39 is 0 Å². The zero-order valence-electron chi connectivity index (χ0n) is 10.3. The first kappa shape index (κ1) is 12.0. The topological polar surface area (TPSA) is 18.5 Å². The average molecular weight is 200 g/mol. The normalized spacial score (nSPS) is 49.3. The van der Waals surface area contributed by atoms with E-state index in [9.17, 15) is 0 Å². The van der Waals surface area contributed by atoms with Crippen molar-refractivity contribution in [2.24, 2.45) is 17.3 Å². The number of hydrogen-bond donors (Lipinski definition) is 0. The fourth-order valence-electron chi connectivity index (χ4n) is 2.54.